The van der Waals surface area contributed by atoms with Gasteiger partial charge in [-0.2, -0.15) is 37.0 Å². The first-order valence-electron chi connectivity index (χ1n) is 16.7. The van der Waals surface area contributed by atoms with Gasteiger partial charge in [0.1, 0.15) is 0 Å². The van der Waals surface area contributed by atoms with Crippen LogP contribution in [0.2, 0.25) is 0 Å². The van der Waals surface area contributed by atoms with Crippen LogP contribution in [0.3, 0.4) is 0 Å². The molecule has 1 aliphatic heterocycles. The van der Waals surface area contributed by atoms with Gasteiger partial charge < -0.3 is 25.0 Å². The fraction of sp³-hybridized carbons (Fsp3) is 0.400. The Morgan fingerprint density at radius 2 is 1.54 bits per heavy atom. The molecule has 4 aromatic rings. The summed E-state index contributed by atoms with van der Waals surface area (Å²) in [5.74, 6) is 0.748. The molecule has 2 aliphatic carbocycles. The summed E-state index contributed by atoms with van der Waals surface area (Å²) < 4.78 is 0. The number of rotatable bonds is 5. The summed E-state index contributed by atoms with van der Waals surface area (Å²) in [4.78, 5) is 9.13. The summed E-state index contributed by atoms with van der Waals surface area (Å²) in [5, 5.41) is 19.6. The van der Waals surface area contributed by atoms with Gasteiger partial charge in [0.15, 0.2) is 0 Å². The first-order chi connectivity index (χ1) is 21.9. The third-order valence-corrected chi connectivity index (χ3v) is 8.88. The Kier molecular flexibility index (Phi) is 13.8. The normalized spacial score (nSPS) is 17.6. The van der Waals surface area contributed by atoms with Crippen molar-refractivity contribution in [2.24, 2.45) is 0 Å². The molecule has 0 amide bonds. The minimum absolute atomic E-state index is 0. The van der Waals surface area contributed by atoms with Crippen molar-refractivity contribution >= 4 is 16.5 Å². The van der Waals surface area contributed by atoms with Gasteiger partial charge in [-0.3, -0.25) is 0 Å². The van der Waals surface area contributed by atoms with Crippen LogP contribution in [0.15, 0.2) is 90.4 Å². The topological polar surface area (TPSA) is 59.8 Å². The van der Waals surface area contributed by atoms with E-state index in [1.54, 1.807) is 13.8 Å². The second kappa shape index (κ2) is 17.8. The summed E-state index contributed by atoms with van der Waals surface area (Å²) in [5.41, 5.74) is 7.72. The first-order valence-corrected chi connectivity index (χ1v) is 16.7. The Labute approximate surface area is 289 Å². The molecule has 0 radical (unpaired) electrons. The molecule has 1 aromatic heterocycles. The summed E-state index contributed by atoms with van der Waals surface area (Å²) in [6.07, 6.45) is 13.5. The maximum atomic E-state index is 8.56. The van der Waals surface area contributed by atoms with Crippen LogP contribution >= 0.6 is 0 Å². The van der Waals surface area contributed by atoms with Crippen LogP contribution in [-0.2, 0) is 20.1 Å². The van der Waals surface area contributed by atoms with Crippen LogP contribution in [0.25, 0.3) is 22.0 Å². The minimum Gasteiger partial charge on any atom is -0.508 e. The number of hydrogen-bond acceptors (Lipinski definition) is 5. The summed E-state index contributed by atoms with van der Waals surface area (Å²) in [6, 6.07) is 31.9. The second-order valence-corrected chi connectivity index (χ2v) is 12.6. The molecule has 46 heavy (non-hydrogen) atoms. The molecule has 3 aliphatic rings. The van der Waals surface area contributed by atoms with Gasteiger partial charge in [0.2, 0.25) is 0 Å². The van der Waals surface area contributed by atoms with E-state index in [0.717, 1.165) is 22.9 Å². The van der Waals surface area contributed by atoms with Crippen molar-refractivity contribution in [2.45, 2.75) is 96.2 Å². The molecule has 0 spiro atoms. The number of nitrogens with zero attached hydrogens (tertiary/aromatic N) is 3. The van der Waals surface area contributed by atoms with E-state index in [4.69, 9.17) is 10.2 Å². The summed E-state index contributed by atoms with van der Waals surface area (Å²) in [6.45, 7) is 5.50. The van der Waals surface area contributed by atoms with E-state index in [0.29, 0.717) is 6.42 Å². The van der Waals surface area contributed by atoms with Crippen LogP contribution in [-0.4, -0.2) is 39.4 Å². The van der Waals surface area contributed by atoms with E-state index in [1.807, 2.05) is 36.5 Å². The fourth-order valence-electron chi connectivity index (χ4n) is 6.70. The van der Waals surface area contributed by atoms with E-state index < -0.39 is 0 Å². The maximum Gasteiger partial charge on any atom is 3.00 e. The molecule has 2 unspecified atom stereocenters. The Bertz CT molecular complexity index is 1510. The third-order valence-electron chi connectivity index (χ3n) is 8.88. The first kappa shape index (κ1) is 35.8. The van der Waals surface area contributed by atoms with Crippen molar-refractivity contribution in [1.29, 1.82) is 0 Å². The van der Waals surface area contributed by atoms with Gasteiger partial charge in [-0.25, -0.2) is 0 Å². The zero-order chi connectivity index (χ0) is 31.6. The molecular formula is C40H48IrN3O2. The van der Waals surface area contributed by atoms with Crippen molar-refractivity contribution in [3.05, 3.63) is 115 Å². The van der Waals surface area contributed by atoms with E-state index in [-0.39, 0.29) is 32.3 Å². The van der Waals surface area contributed by atoms with Gasteiger partial charge in [0.05, 0.1) is 12.2 Å². The van der Waals surface area contributed by atoms with E-state index >= 15 is 0 Å². The van der Waals surface area contributed by atoms with E-state index in [2.05, 4.69) is 83.1 Å². The molecular weight excluding hydrogens is 747 g/mol. The number of hydrogen-bond donors (Lipinski definition) is 2. The molecule has 5 nitrogen and oxygen atoms in total. The number of pyridine rings is 1. The number of anilines is 1. The average Bonchev–Trinajstić information content (AvgIpc) is 3.41. The van der Waals surface area contributed by atoms with Crippen LogP contribution in [0.4, 0.5) is 5.69 Å². The molecule has 1 saturated carbocycles. The van der Waals surface area contributed by atoms with Gasteiger partial charge in [0, 0.05) is 17.6 Å². The van der Waals surface area contributed by atoms with Crippen molar-refractivity contribution in [3.8, 4) is 11.3 Å². The van der Waals surface area contributed by atoms with Gasteiger partial charge >= 0.3 is 20.1 Å². The molecule has 3 aromatic carbocycles. The zero-order valence-corrected chi connectivity index (χ0v) is 29.9. The van der Waals surface area contributed by atoms with Crippen molar-refractivity contribution in [3.63, 3.8) is 0 Å². The van der Waals surface area contributed by atoms with Gasteiger partial charge in [-0.1, -0.05) is 37.5 Å². The Morgan fingerprint density at radius 3 is 2.17 bits per heavy atom. The number of aliphatic hydroxyl groups is 2. The standard InChI is InChI=1S/C21H20N.C14H16N2.C5H12O2.Ir/c1-3-7-16(8-4-1)18-11-12-20-19(15-18)13-14-22-21(20)17-9-5-2-6-10-17;1-15-11-16(12-7-3-2-4-8-12)14-10-6-5-9-13(14)15;1-4(6)3-5(2)7;/h2,5-6,9,11-16H,1,3-4,7-8H2;2-4,7,11H,5-6,9-10H2,1H3;4-7H,3H2,1-2H3;/q-1;-2;;+3. The van der Waals surface area contributed by atoms with Crippen LogP contribution < -0.4 is 4.90 Å². The zero-order valence-electron chi connectivity index (χ0n) is 27.5. The number of aliphatic hydroxyl groups excluding tert-OH is 2. The number of para-hydroxylation sites is 1. The van der Waals surface area contributed by atoms with Gasteiger partial charge in [0.25, 0.3) is 0 Å². The smallest absolute Gasteiger partial charge is 0.508 e. The van der Waals surface area contributed by atoms with E-state index in [1.165, 1.54) is 85.5 Å². The van der Waals surface area contributed by atoms with E-state index in [9.17, 15) is 0 Å². The summed E-state index contributed by atoms with van der Waals surface area (Å²) in [7, 11) is 2.14. The fourth-order valence-corrected chi connectivity index (χ4v) is 6.70. The van der Waals surface area contributed by atoms with Crippen molar-refractivity contribution in [1.82, 2.24) is 9.88 Å². The molecule has 2 heterocycles. The molecule has 2 N–H and O–H groups in total. The number of allylic oxidation sites excluding steroid dienone is 2. The Hall–Kier alpha value is -3.02. The molecule has 7 rings (SSSR count). The van der Waals surface area contributed by atoms with Crippen molar-refractivity contribution < 1.29 is 30.3 Å². The predicted molar refractivity (Wildman–Crippen MR) is 185 cm³/mol. The minimum atomic E-state index is -0.375. The number of benzene rings is 3. The molecule has 0 bridgehead atoms. The molecule has 1 fully saturated rings. The molecule has 244 valence electrons. The molecule has 2 atom stereocenters. The average molecular weight is 795 g/mol. The number of fused-ring (bicyclic) bond motifs is 1. The quantitative estimate of drug-likeness (QED) is 0.198. The second-order valence-electron chi connectivity index (χ2n) is 12.6. The van der Waals surface area contributed by atoms with Crippen LogP contribution in [0, 0.1) is 18.8 Å². The Balaban J connectivity index is 0.000000176. The molecule has 6 heteroatoms. The molecule has 0 saturated heterocycles. The number of aromatic nitrogens is 1. The SMILES string of the molecule is CC(O)CC(C)O.CN1[CH-]N(c2[c-]cccc2)C2=C1CCCC2.[Ir+3].[c-]1ccccc1-c1nccc2cc(C3CCCCC3)ccc12. The summed E-state index contributed by atoms with van der Waals surface area (Å²) >= 11 is 0. The maximum absolute atomic E-state index is 8.56. The van der Waals surface area contributed by atoms with Crippen molar-refractivity contribution in [2.75, 3.05) is 11.9 Å². The monoisotopic (exact) mass is 795 g/mol. The van der Waals surface area contributed by atoms with Crippen LogP contribution in [0.1, 0.15) is 89.5 Å². The van der Waals surface area contributed by atoms with Crippen LogP contribution in [0.5, 0.6) is 0 Å². The van der Waals surface area contributed by atoms with Gasteiger partial charge in [-0.05, 0) is 99.9 Å². The third kappa shape index (κ3) is 9.51. The predicted octanol–water partition coefficient (Wildman–Crippen LogP) is 9.03. The van der Waals surface area contributed by atoms with Gasteiger partial charge in [-0.15, -0.1) is 41.6 Å². The Morgan fingerprint density at radius 1 is 0.848 bits per heavy atom. The largest absolute Gasteiger partial charge is 3.00 e.